The summed E-state index contributed by atoms with van der Waals surface area (Å²) in [4.78, 5) is 0.313. The highest BCUT2D eigenvalue weighted by molar-refractivity contribution is 7.86. The summed E-state index contributed by atoms with van der Waals surface area (Å²) in [7, 11) is -6.09. The number of alkyl halides is 3. The molecule has 0 aromatic heterocycles. The van der Waals surface area contributed by atoms with Crippen molar-refractivity contribution in [3.8, 4) is 0 Å². The van der Waals surface area contributed by atoms with Gasteiger partial charge >= 0.3 is 12.7 Å². The first-order valence-electron chi connectivity index (χ1n) is 5.36. The normalized spacial score (nSPS) is 21.7. The highest BCUT2D eigenvalue weighted by Gasteiger charge is 2.36. The Morgan fingerprint density at radius 3 is 2.32 bits per heavy atom. The maximum atomic E-state index is 10.7. The fourth-order valence-electron chi connectivity index (χ4n) is 0.852. The Balaban J connectivity index is 0.000000433. The fourth-order valence-corrected chi connectivity index (χ4v) is 0.852. The van der Waals surface area contributed by atoms with Gasteiger partial charge in [0.15, 0.2) is 10.1 Å². The highest BCUT2D eigenvalue weighted by atomic mass is 32.2. The maximum Gasteiger partial charge on any atom is 0.485 e. The average Bonchev–Trinajstić information content (AvgIpc) is 2.36. The third-order valence-corrected chi connectivity index (χ3v) is 2.23. The van der Waals surface area contributed by atoms with Crippen LogP contribution < -0.4 is 0 Å². The summed E-state index contributed by atoms with van der Waals surface area (Å²) in [6, 6.07) is 0.298. The minimum Gasteiger partial charge on any atom is -0.741 e. The van der Waals surface area contributed by atoms with Crippen LogP contribution in [0.3, 0.4) is 0 Å². The summed E-state index contributed by atoms with van der Waals surface area (Å²) in [6.45, 7) is 1.59. The van der Waals surface area contributed by atoms with Gasteiger partial charge in [-0.3, -0.25) is 0 Å². The van der Waals surface area contributed by atoms with Crippen molar-refractivity contribution in [3.63, 3.8) is 0 Å². The Morgan fingerprint density at radius 1 is 1.47 bits per heavy atom. The van der Waals surface area contributed by atoms with Gasteiger partial charge in [-0.2, -0.15) is 13.2 Å². The molecule has 0 saturated carbocycles. The molecule has 1 aliphatic rings. The largest absolute Gasteiger partial charge is 0.741 e. The lowest BCUT2D eigenvalue weighted by Crippen LogP contribution is -2.21. The smallest absolute Gasteiger partial charge is 0.485 e. The van der Waals surface area contributed by atoms with E-state index >= 15 is 0 Å². The van der Waals surface area contributed by atoms with Gasteiger partial charge in [0, 0.05) is 6.08 Å². The Bertz CT molecular complexity index is 603. The predicted octanol–water partition coefficient (Wildman–Crippen LogP) is 1.34. The molecule has 0 unspecified atom stereocenters. The number of hydrogen-bond donors (Lipinski definition) is 2. The van der Waals surface area contributed by atoms with Crippen molar-refractivity contribution in [3.05, 3.63) is 35.9 Å². The zero-order valence-electron chi connectivity index (χ0n) is 11.4. The number of rotatable bonds is 1. The lowest BCUT2D eigenvalue weighted by molar-refractivity contribution is -0.954. The quantitative estimate of drug-likeness (QED) is 0.329. The van der Waals surface area contributed by atoms with E-state index in [4.69, 9.17) is 21.0 Å². The van der Waals surface area contributed by atoms with E-state index in [1.165, 1.54) is 0 Å². The summed E-state index contributed by atoms with van der Waals surface area (Å²) in [5.74, 6) is 0. The molecule has 0 fully saturated rings. The molecule has 0 spiro atoms. The second-order valence-corrected chi connectivity index (χ2v) is 4.31. The average molecular weight is 303 g/mol. The number of allylic oxidation sites excluding steroid dienone is 6. The molecule has 0 heterocycles. The third kappa shape index (κ3) is 5.57. The molecule has 0 aromatic carbocycles. The van der Waals surface area contributed by atoms with Crippen LogP contribution >= 0.6 is 0 Å². The molecule has 10 heteroatoms. The SMILES string of the molecule is O=S(=O)([O-])C(F)(F)F.[2H]O/[N+](O)=C1/C=CC=C/C1=C(/[2H])C. The summed E-state index contributed by atoms with van der Waals surface area (Å²) >= 11 is 0. The Kier molecular flexibility index (Phi) is 4.58. The second kappa shape index (κ2) is 6.38. The van der Waals surface area contributed by atoms with Gasteiger partial charge in [0.2, 0.25) is 4.90 Å². The molecule has 108 valence electrons. The van der Waals surface area contributed by atoms with Gasteiger partial charge in [0.1, 0.15) is 0 Å². The molecule has 2 N–H and O–H groups in total. The van der Waals surface area contributed by atoms with E-state index in [1.54, 1.807) is 31.2 Å². The molecule has 0 saturated heterocycles. The molecule has 0 atom stereocenters. The fraction of sp³-hybridized carbons (Fsp3) is 0.222. The Hall–Kier alpha value is -1.81. The van der Waals surface area contributed by atoms with Crippen LogP contribution in [0.5, 0.6) is 0 Å². The van der Waals surface area contributed by atoms with E-state index in [0.29, 0.717) is 16.5 Å². The van der Waals surface area contributed by atoms with Crippen LogP contribution in [0, 0.1) is 0 Å². The Morgan fingerprint density at radius 2 is 1.95 bits per heavy atom. The molecule has 1 rings (SSSR count). The van der Waals surface area contributed by atoms with E-state index in [1.807, 2.05) is 0 Å². The number of halogens is 3. The van der Waals surface area contributed by atoms with Crippen molar-refractivity contribution in [1.82, 2.24) is 0 Å². The van der Waals surface area contributed by atoms with Gasteiger partial charge in [0.05, 0.1) is 6.94 Å². The van der Waals surface area contributed by atoms with E-state index in [2.05, 4.69) is 5.21 Å². The minimum absolute atomic E-state index is 0.282. The molecular formula is C9H10F3NO5S. The zero-order valence-corrected chi connectivity index (χ0v) is 10.2. The van der Waals surface area contributed by atoms with Crippen LogP contribution in [0.1, 0.15) is 8.29 Å². The summed E-state index contributed by atoms with van der Waals surface area (Å²) in [6.07, 6.45) is 6.65. The molecule has 0 bridgehead atoms. The number of hydrogen-bond acceptors (Lipinski definition) is 5. The van der Waals surface area contributed by atoms with Crippen molar-refractivity contribution in [2.45, 2.75) is 12.4 Å². The van der Waals surface area contributed by atoms with E-state index in [-0.39, 0.29) is 5.71 Å². The second-order valence-electron chi connectivity index (χ2n) is 2.94. The molecule has 0 aliphatic heterocycles. The monoisotopic (exact) mass is 303 g/mol. The van der Waals surface area contributed by atoms with Crippen LogP contribution in [0.2, 0.25) is 1.43 Å². The third-order valence-electron chi connectivity index (χ3n) is 1.66. The van der Waals surface area contributed by atoms with Crippen molar-refractivity contribution in [2.75, 3.05) is 0 Å². The van der Waals surface area contributed by atoms with Crippen LogP contribution in [0.25, 0.3) is 0 Å². The molecular weight excluding hydrogens is 291 g/mol. The van der Waals surface area contributed by atoms with Gasteiger partial charge in [-0.25, -0.2) is 18.8 Å². The molecule has 1 aliphatic carbocycles. The Labute approximate surface area is 109 Å². The lowest BCUT2D eigenvalue weighted by atomic mass is 10.1. The van der Waals surface area contributed by atoms with Crippen LogP contribution in [0.4, 0.5) is 13.2 Å². The minimum atomic E-state index is -6.09. The molecule has 19 heavy (non-hydrogen) atoms. The van der Waals surface area contributed by atoms with Crippen LogP contribution in [-0.4, -0.2) is 39.5 Å². The van der Waals surface area contributed by atoms with Crippen LogP contribution in [0.15, 0.2) is 35.9 Å². The predicted molar refractivity (Wildman–Crippen MR) is 56.6 cm³/mol. The van der Waals surface area contributed by atoms with Gasteiger partial charge in [0.25, 0.3) is 0 Å². The van der Waals surface area contributed by atoms with Crippen LogP contribution in [-0.2, 0) is 10.1 Å². The highest BCUT2D eigenvalue weighted by Crippen LogP contribution is 2.20. The first kappa shape index (κ1) is 13.6. The van der Waals surface area contributed by atoms with E-state index in [0.717, 1.165) is 0 Å². The topological polar surface area (TPSA) is 101 Å². The summed E-state index contributed by atoms with van der Waals surface area (Å²) < 4.78 is 72.8. The van der Waals surface area contributed by atoms with Gasteiger partial charge < -0.3 is 4.55 Å². The first-order chi connectivity index (χ1) is 9.41. The molecule has 0 radical (unpaired) electrons. The van der Waals surface area contributed by atoms with Crippen molar-refractivity contribution in [2.24, 2.45) is 0 Å². The number of nitrogens with zero attached hydrogens (tertiary/aromatic N) is 1. The van der Waals surface area contributed by atoms with Gasteiger partial charge in [-0.05, 0) is 13.0 Å². The van der Waals surface area contributed by atoms with Crippen molar-refractivity contribution in [1.29, 1.82) is 0 Å². The molecule has 0 aromatic rings. The first-order valence-corrected chi connectivity index (χ1v) is 5.86. The van der Waals surface area contributed by atoms with E-state index in [9.17, 15) is 13.2 Å². The maximum absolute atomic E-state index is 10.7. The zero-order chi connectivity index (χ0) is 16.8. The molecule has 0 amide bonds. The standard InChI is InChI=1S/C8H10NO2.CHF3O3S/c1-2-7-5-3-4-6-8(7)9(10)11;2-1(3,4)8(5,6)7/h2-6,10-11H,1H3;(H,5,6,7)/q+1;/p-1/b7-2+;/i2D;/hD. The van der Waals surface area contributed by atoms with Crippen molar-refractivity contribution >= 4 is 15.8 Å². The summed E-state index contributed by atoms with van der Waals surface area (Å²) in [5, 5.41) is 13.0. The van der Waals surface area contributed by atoms with Crippen molar-refractivity contribution < 1.29 is 44.3 Å². The molecule has 6 nitrogen and oxygen atoms in total. The van der Waals surface area contributed by atoms with E-state index < -0.39 is 15.6 Å². The lowest BCUT2D eigenvalue weighted by Gasteiger charge is -2.08. The van der Waals surface area contributed by atoms with Gasteiger partial charge in [-0.1, -0.05) is 18.2 Å². The summed E-state index contributed by atoms with van der Waals surface area (Å²) in [5.41, 5.74) is -4.84. The van der Waals surface area contributed by atoms with Gasteiger partial charge in [-0.15, -0.1) is 0 Å².